The lowest BCUT2D eigenvalue weighted by Crippen LogP contribution is -2.15. The van der Waals surface area contributed by atoms with Gasteiger partial charge in [0, 0.05) is 40.6 Å². The van der Waals surface area contributed by atoms with Gasteiger partial charge in [0.1, 0.15) is 5.82 Å². The summed E-state index contributed by atoms with van der Waals surface area (Å²) < 4.78 is 0. The van der Waals surface area contributed by atoms with Gasteiger partial charge in [-0.05, 0) is 42.5 Å². The molecule has 4 aromatic rings. The quantitative estimate of drug-likeness (QED) is 0.379. The molecule has 1 heterocycles. The van der Waals surface area contributed by atoms with Crippen molar-refractivity contribution in [1.29, 1.82) is 0 Å². The number of H-pyrrole nitrogens is 1. The maximum Gasteiger partial charge on any atom is 0.256 e. The van der Waals surface area contributed by atoms with E-state index in [9.17, 15) is 9.59 Å². The molecule has 0 unspecified atom stereocenters. The molecule has 1 aromatic heterocycles. The van der Waals surface area contributed by atoms with Crippen LogP contribution in [0.5, 0.6) is 0 Å². The second kappa shape index (κ2) is 8.32. The number of imidazole rings is 1. The first kappa shape index (κ1) is 18.9. The summed E-state index contributed by atoms with van der Waals surface area (Å²) in [5.41, 5.74) is 9.00. The Morgan fingerprint density at radius 1 is 0.833 bits per heavy atom. The number of aromatic nitrogens is 2. The van der Waals surface area contributed by atoms with Crippen molar-refractivity contribution in [3.63, 3.8) is 0 Å². The number of carbonyl (C=O) groups excluding carboxylic acids is 2. The number of hydrogen-bond donors (Lipinski definition) is 4. The lowest BCUT2D eigenvalue weighted by atomic mass is 10.1. The van der Waals surface area contributed by atoms with E-state index in [1.165, 1.54) is 0 Å². The number of nitrogens with zero attached hydrogens (tertiary/aromatic N) is 1. The summed E-state index contributed by atoms with van der Waals surface area (Å²) in [5, 5.41) is 5.68. The number of rotatable bonds is 5. The molecule has 0 aliphatic carbocycles. The highest BCUT2D eigenvalue weighted by Gasteiger charge is 2.14. The second-order valence-electron chi connectivity index (χ2n) is 6.60. The molecule has 0 fully saturated rings. The van der Waals surface area contributed by atoms with Crippen molar-refractivity contribution in [3.8, 4) is 11.4 Å². The molecule has 5 N–H and O–H groups in total. The van der Waals surface area contributed by atoms with E-state index < -0.39 is 0 Å². The largest absolute Gasteiger partial charge is 0.399 e. The number of nitrogens with one attached hydrogen (secondary N) is 3. The predicted molar refractivity (Wildman–Crippen MR) is 117 cm³/mol. The zero-order valence-electron chi connectivity index (χ0n) is 15.9. The Bertz CT molecular complexity index is 1200. The van der Waals surface area contributed by atoms with Crippen molar-refractivity contribution < 1.29 is 9.59 Å². The minimum Gasteiger partial charge on any atom is -0.399 e. The van der Waals surface area contributed by atoms with Crippen molar-refractivity contribution >= 4 is 28.9 Å². The van der Waals surface area contributed by atoms with E-state index in [1.54, 1.807) is 73.1 Å². The third-order valence-corrected chi connectivity index (χ3v) is 4.45. The summed E-state index contributed by atoms with van der Waals surface area (Å²) >= 11 is 0. The highest BCUT2D eigenvalue weighted by molar-refractivity contribution is 6.09. The number of hydrogen-bond acceptors (Lipinski definition) is 4. The zero-order valence-corrected chi connectivity index (χ0v) is 15.9. The number of amides is 2. The van der Waals surface area contributed by atoms with Crippen LogP contribution >= 0.6 is 0 Å². The number of aromatic amines is 1. The summed E-state index contributed by atoms with van der Waals surface area (Å²) in [5.74, 6) is 0.0548. The van der Waals surface area contributed by atoms with E-state index in [0.29, 0.717) is 39.6 Å². The van der Waals surface area contributed by atoms with Gasteiger partial charge in [0.2, 0.25) is 0 Å². The molecule has 7 heteroatoms. The Kier molecular flexibility index (Phi) is 5.25. The molecule has 0 radical (unpaired) electrons. The molecule has 0 spiro atoms. The molecule has 0 saturated carbocycles. The minimum absolute atomic E-state index is 0.277. The molecule has 2 amide bonds. The Hall–Kier alpha value is -4.39. The lowest BCUT2D eigenvalue weighted by Gasteiger charge is -2.11. The number of anilines is 3. The van der Waals surface area contributed by atoms with Crippen molar-refractivity contribution in [2.24, 2.45) is 0 Å². The van der Waals surface area contributed by atoms with E-state index >= 15 is 0 Å². The normalized spacial score (nSPS) is 10.4. The van der Waals surface area contributed by atoms with E-state index in [-0.39, 0.29) is 11.8 Å². The van der Waals surface area contributed by atoms with Crippen LogP contribution in [-0.2, 0) is 0 Å². The fourth-order valence-corrected chi connectivity index (χ4v) is 3.06. The number of nitrogens with two attached hydrogens (primary N) is 1. The van der Waals surface area contributed by atoms with E-state index in [1.807, 2.05) is 12.1 Å². The second-order valence-corrected chi connectivity index (χ2v) is 6.60. The zero-order chi connectivity index (χ0) is 20.9. The summed E-state index contributed by atoms with van der Waals surface area (Å²) in [6.07, 6.45) is 3.34. The van der Waals surface area contributed by atoms with Crippen LogP contribution in [0.2, 0.25) is 0 Å². The average Bonchev–Trinajstić information content (AvgIpc) is 3.29. The Labute approximate surface area is 173 Å². The van der Waals surface area contributed by atoms with Crippen LogP contribution in [0.4, 0.5) is 17.1 Å². The van der Waals surface area contributed by atoms with Crippen LogP contribution in [0.15, 0.2) is 85.2 Å². The molecule has 3 aromatic carbocycles. The van der Waals surface area contributed by atoms with Gasteiger partial charge in [-0.2, -0.15) is 0 Å². The molecular formula is C23H19N5O2. The highest BCUT2D eigenvalue weighted by atomic mass is 16.2. The molecule has 4 rings (SSSR count). The summed E-state index contributed by atoms with van der Waals surface area (Å²) in [4.78, 5) is 32.5. The SMILES string of the molecule is Nc1cccc(C(=O)Nc2cccc(NC(=O)c3ccccc3-c3ncc[nH]3)c2)c1. The van der Waals surface area contributed by atoms with Gasteiger partial charge in [0.15, 0.2) is 0 Å². The van der Waals surface area contributed by atoms with Gasteiger partial charge in [-0.3, -0.25) is 9.59 Å². The number of nitrogen functional groups attached to an aromatic ring is 1. The van der Waals surface area contributed by atoms with Crippen LogP contribution in [0.3, 0.4) is 0 Å². The first-order chi connectivity index (χ1) is 14.6. The smallest absolute Gasteiger partial charge is 0.256 e. The molecule has 7 nitrogen and oxygen atoms in total. The third-order valence-electron chi connectivity index (χ3n) is 4.45. The molecule has 148 valence electrons. The van der Waals surface area contributed by atoms with E-state index in [2.05, 4.69) is 20.6 Å². The van der Waals surface area contributed by atoms with Crippen LogP contribution in [0.25, 0.3) is 11.4 Å². The molecule has 0 bridgehead atoms. The molecule has 30 heavy (non-hydrogen) atoms. The van der Waals surface area contributed by atoms with Crippen LogP contribution in [0.1, 0.15) is 20.7 Å². The molecule has 0 saturated heterocycles. The monoisotopic (exact) mass is 397 g/mol. The van der Waals surface area contributed by atoms with Crippen molar-refractivity contribution in [1.82, 2.24) is 9.97 Å². The topological polar surface area (TPSA) is 113 Å². The third kappa shape index (κ3) is 4.20. The van der Waals surface area contributed by atoms with Crippen molar-refractivity contribution in [3.05, 3.63) is 96.3 Å². The van der Waals surface area contributed by atoms with Crippen molar-refractivity contribution in [2.75, 3.05) is 16.4 Å². The predicted octanol–water partition coefficient (Wildman–Crippen LogP) is 4.16. The highest BCUT2D eigenvalue weighted by Crippen LogP contribution is 2.22. The molecule has 0 aliphatic heterocycles. The van der Waals surface area contributed by atoms with Crippen LogP contribution in [0, 0.1) is 0 Å². The van der Waals surface area contributed by atoms with Crippen molar-refractivity contribution in [2.45, 2.75) is 0 Å². The van der Waals surface area contributed by atoms with Gasteiger partial charge in [0.25, 0.3) is 11.8 Å². The van der Waals surface area contributed by atoms with Crippen LogP contribution < -0.4 is 16.4 Å². The molecule has 0 aliphatic rings. The first-order valence-electron chi connectivity index (χ1n) is 9.27. The van der Waals surface area contributed by atoms with Gasteiger partial charge in [0.05, 0.1) is 5.56 Å². The van der Waals surface area contributed by atoms with Crippen LogP contribution in [-0.4, -0.2) is 21.8 Å². The Morgan fingerprint density at radius 3 is 2.30 bits per heavy atom. The van der Waals surface area contributed by atoms with E-state index in [4.69, 9.17) is 5.73 Å². The summed E-state index contributed by atoms with van der Waals surface area (Å²) in [7, 11) is 0. The van der Waals surface area contributed by atoms with Gasteiger partial charge in [-0.15, -0.1) is 0 Å². The minimum atomic E-state index is -0.283. The number of benzene rings is 3. The maximum atomic E-state index is 12.9. The number of carbonyl (C=O) groups is 2. The Morgan fingerprint density at radius 2 is 1.57 bits per heavy atom. The standard InChI is InChI=1S/C23H19N5O2/c24-16-6-3-5-15(13-16)22(29)27-17-7-4-8-18(14-17)28-23(30)20-10-2-1-9-19(20)21-25-11-12-26-21/h1-14H,24H2,(H,25,26)(H,27,29)(H,28,30). The fraction of sp³-hybridized carbons (Fsp3) is 0. The lowest BCUT2D eigenvalue weighted by molar-refractivity contribution is 0.101. The average molecular weight is 397 g/mol. The molecular weight excluding hydrogens is 378 g/mol. The van der Waals surface area contributed by atoms with Gasteiger partial charge in [-0.1, -0.05) is 30.3 Å². The Balaban J connectivity index is 1.51. The molecule has 0 atom stereocenters. The maximum absolute atomic E-state index is 12.9. The van der Waals surface area contributed by atoms with Gasteiger partial charge < -0.3 is 21.4 Å². The van der Waals surface area contributed by atoms with E-state index in [0.717, 1.165) is 0 Å². The fourth-order valence-electron chi connectivity index (χ4n) is 3.06. The summed E-state index contributed by atoms with van der Waals surface area (Å²) in [6.45, 7) is 0. The van der Waals surface area contributed by atoms with Gasteiger partial charge in [-0.25, -0.2) is 4.98 Å². The van der Waals surface area contributed by atoms with Gasteiger partial charge >= 0.3 is 0 Å². The summed E-state index contributed by atoms with van der Waals surface area (Å²) in [6, 6.07) is 20.9. The first-order valence-corrected chi connectivity index (χ1v) is 9.27.